The van der Waals surface area contributed by atoms with Gasteiger partial charge in [0.25, 0.3) is 0 Å². The average molecular weight is 354 g/mol. The van der Waals surface area contributed by atoms with E-state index in [4.69, 9.17) is 0 Å². The van der Waals surface area contributed by atoms with Gasteiger partial charge in [-0.2, -0.15) is 4.31 Å². The number of esters is 1. The van der Waals surface area contributed by atoms with Crippen LogP contribution in [0.15, 0.2) is 17.2 Å². The summed E-state index contributed by atoms with van der Waals surface area (Å²) in [7, 11) is -2.71. The Morgan fingerprint density at radius 1 is 1.38 bits per heavy atom. The van der Waals surface area contributed by atoms with E-state index < -0.39 is 33.9 Å². The first-order valence-electron chi connectivity index (χ1n) is 7.58. The molecule has 1 aromatic rings. The van der Waals surface area contributed by atoms with Gasteiger partial charge in [-0.3, -0.25) is 9.78 Å². The Hall–Kier alpha value is -2.00. The average Bonchev–Trinajstić information content (AvgIpc) is 3.13. The predicted molar refractivity (Wildman–Crippen MR) is 81.9 cm³/mol. The molecule has 3 rings (SSSR count). The van der Waals surface area contributed by atoms with Crippen LogP contribution in [0.5, 0.6) is 0 Å². The molecule has 0 saturated carbocycles. The molecule has 2 aliphatic rings. The van der Waals surface area contributed by atoms with E-state index in [1.54, 1.807) is 6.92 Å². The molecular formula is C15H18N2O6S. The van der Waals surface area contributed by atoms with Crippen molar-refractivity contribution in [2.24, 2.45) is 5.92 Å². The van der Waals surface area contributed by atoms with Crippen molar-refractivity contribution < 1.29 is 27.9 Å². The zero-order valence-electron chi connectivity index (χ0n) is 13.3. The van der Waals surface area contributed by atoms with E-state index in [2.05, 4.69) is 9.72 Å². The first-order valence-corrected chi connectivity index (χ1v) is 9.02. The van der Waals surface area contributed by atoms with Crippen molar-refractivity contribution >= 4 is 22.0 Å². The fourth-order valence-corrected chi connectivity index (χ4v) is 5.56. The number of sulfonamides is 1. The number of aromatic nitrogens is 1. The SMILES string of the molecule is COC(=O)c1cc(S(=O)(=O)N2C3CCC2C(C(=O)O)C3)cnc1C. The van der Waals surface area contributed by atoms with E-state index in [9.17, 15) is 23.1 Å². The van der Waals surface area contributed by atoms with Crippen molar-refractivity contribution in [3.8, 4) is 0 Å². The monoisotopic (exact) mass is 354 g/mol. The van der Waals surface area contributed by atoms with E-state index in [0.717, 1.165) is 0 Å². The number of fused-ring (bicyclic) bond motifs is 2. The second kappa shape index (κ2) is 5.82. The number of pyridine rings is 1. The third-order valence-corrected chi connectivity index (χ3v) is 6.78. The van der Waals surface area contributed by atoms with Crippen LogP contribution in [-0.2, 0) is 19.6 Å². The summed E-state index contributed by atoms with van der Waals surface area (Å²) in [6.07, 6.45) is 2.70. The summed E-state index contributed by atoms with van der Waals surface area (Å²) in [5.41, 5.74) is 0.452. The van der Waals surface area contributed by atoms with Gasteiger partial charge >= 0.3 is 11.9 Å². The molecule has 0 aromatic carbocycles. The number of methoxy groups -OCH3 is 1. The summed E-state index contributed by atoms with van der Waals surface area (Å²) in [4.78, 5) is 27.0. The molecular weight excluding hydrogens is 336 g/mol. The number of aliphatic carboxylic acids is 1. The van der Waals surface area contributed by atoms with Gasteiger partial charge in [-0.25, -0.2) is 13.2 Å². The molecule has 24 heavy (non-hydrogen) atoms. The number of aryl methyl sites for hydroxylation is 1. The first kappa shape index (κ1) is 16.8. The Kier molecular flexibility index (Phi) is 4.08. The second-order valence-corrected chi connectivity index (χ2v) is 7.95. The van der Waals surface area contributed by atoms with Crippen LogP contribution in [0.4, 0.5) is 0 Å². The van der Waals surface area contributed by atoms with Crippen molar-refractivity contribution in [1.82, 2.24) is 9.29 Å². The fraction of sp³-hybridized carbons (Fsp3) is 0.533. The molecule has 2 fully saturated rings. The van der Waals surface area contributed by atoms with Crippen LogP contribution in [0.2, 0.25) is 0 Å². The van der Waals surface area contributed by atoms with Crippen molar-refractivity contribution in [3.05, 3.63) is 23.5 Å². The van der Waals surface area contributed by atoms with Crippen molar-refractivity contribution in [1.29, 1.82) is 0 Å². The maximum Gasteiger partial charge on any atom is 0.339 e. The van der Waals surface area contributed by atoms with Gasteiger partial charge in [0.05, 0.1) is 24.3 Å². The summed E-state index contributed by atoms with van der Waals surface area (Å²) in [5.74, 6) is -2.32. The van der Waals surface area contributed by atoms with Gasteiger partial charge in [0.1, 0.15) is 4.90 Å². The Morgan fingerprint density at radius 2 is 2.08 bits per heavy atom. The number of rotatable bonds is 4. The number of carbonyl (C=O) groups is 2. The van der Waals surface area contributed by atoms with Crippen LogP contribution in [0.3, 0.4) is 0 Å². The van der Waals surface area contributed by atoms with Crippen molar-refractivity contribution in [2.45, 2.75) is 43.2 Å². The lowest BCUT2D eigenvalue weighted by atomic mass is 9.89. The lowest BCUT2D eigenvalue weighted by Gasteiger charge is -2.22. The highest BCUT2D eigenvalue weighted by Crippen LogP contribution is 2.45. The Morgan fingerprint density at radius 3 is 2.67 bits per heavy atom. The van der Waals surface area contributed by atoms with E-state index >= 15 is 0 Å². The predicted octanol–water partition coefficient (Wildman–Crippen LogP) is 0.803. The smallest absolute Gasteiger partial charge is 0.339 e. The number of nitrogens with zero attached hydrogens (tertiary/aromatic N) is 2. The van der Waals surface area contributed by atoms with E-state index in [1.807, 2.05) is 0 Å². The maximum absolute atomic E-state index is 13.0. The van der Waals surface area contributed by atoms with Gasteiger partial charge in [0, 0.05) is 18.3 Å². The highest BCUT2D eigenvalue weighted by molar-refractivity contribution is 7.89. The van der Waals surface area contributed by atoms with E-state index in [0.29, 0.717) is 25.0 Å². The van der Waals surface area contributed by atoms with Crippen LogP contribution in [0, 0.1) is 12.8 Å². The topological polar surface area (TPSA) is 114 Å². The van der Waals surface area contributed by atoms with E-state index in [-0.39, 0.29) is 16.5 Å². The molecule has 2 bridgehead atoms. The summed E-state index contributed by atoms with van der Waals surface area (Å²) >= 11 is 0. The molecule has 0 amide bonds. The van der Waals surface area contributed by atoms with Gasteiger partial charge in [-0.1, -0.05) is 0 Å². The maximum atomic E-state index is 13.0. The summed E-state index contributed by atoms with van der Waals surface area (Å²) in [6, 6.07) is 0.390. The largest absolute Gasteiger partial charge is 0.481 e. The molecule has 0 spiro atoms. The molecule has 8 nitrogen and oxygen atoms in total. The van der Waals surface area contributed by atoms with Gasteiger partial charge in [0.15, 0.2) is 0 Å². The van der Waals surface area contributed by atoms with E-state index in [1.165, 1.54) is 23.7 Å². The number of hydrogen-bond donors (Lipinski definition) is 1. The molecule has 3 unspecified atom stereocenters. The van der Waals surface area contributed by atoms with Gasteiger partial charge < -0.3 is 9.84 Å². The van der Waals surface area contributed by atoms with Gasteiger partial charge in [0.2, 0.25) is 10.0 Å². The quantitative estimate of drug-likeness (QED) is 0.796. The summed E-state index contributed by atoms with van der Waals surface area (Å²) < 4.78 is 31.9. The molecule has 1 N–H and O–H groups in total. The normalized spacial score (nSPS) is 26.5. The molecule has 0 aliphatic carbocycles. The lowest BCUT2D eigenvalue weighted by molar-refractivity contribution is -0.142. The molecule has 0 radical (unpaired) electrons. The standard InChI is InChI=1S/C15H18N2O6S/c1-8-11(15(20)23-2)6-10(7-16-8)24(21,22)17-9-3-4-13(17)12(5-9)14(18)19/h6-7,9,12-13H,3-5H2,1-2H3,(H,18,19). The van der Waals surface area contributed by atoms with Crippen LogP contribution < -0.4 is 0 Å². The van der Waals surface area contributed by atoms with Gasteiger partial charge in [-0.15, -0.1) is 0 Å². The van der Waals surface area contributed by atoms with Crippen LogP contribution in [-0.4, -0.2) is 53.9 Å². The molecule has 2 aliphatic heterocycles. The minimum Gasteiger partial charge on any atom is -0.481 e. The first-order chi connectivity index (χ1) is 11.3. The third-order valence-electron chi connectivity index (χ3n) is 4.83. The number of carboxylic acids is 1. The highest BCUT2D eigenvalue weighted by atomic mass is 32.2. The molecule has 1 aromatic heterocycles. The number of hydrogen-bond acceptors (Lipinski definition) is 6. The summed E-state index contributed by atoms with van der Waals surface area (Å²) in [5, 5.41) is 9.28. The molecule has 2 saturated heterocycles. The van der Waals surface area contributed by atoms with Gasteiger partial charge in [-0.05, 0) is 32.3 Å². The molecule has 9 heteroatoms. The Bertz CT molecular complexity index is 806. The Balaban J connectivity index is 2.00. The van der Waals surface area contributed by atoms with Crippen molar-refractivity contribution in [2.75, 3.05) is 7.11 Å². The zero-order chi connectivity index (χ0) is 17.6. The number of ether oxygens (including phenoxy) is 1. The lowest BCUT2D eigenvalue weighted by Crippen LogP contribution is -2.38. The zero-order valence-corrected chi connectivity index (χ0v) is 14.1. The Labute approximate surface area is 139 Å². The minimum atomic E-state index is -3.92. The highest BCUT2D eigenvalue weighted by Gasteiger charge is 2.54. The molecule has 3 atom stereocenters. The minimum absolute atomic E-state index is 0.0832. The number of carboxylic acid groups (broad SMARTS) is 1. The molecule has 3 heterocycles. The van der Waals surface area contributed by atoms with Crippen LogP contribution in [0.25, 0.3) is 0 Å². The summed E-state index contributed by atoms with van der Waals surface area (Å²) in [6.45, 7) is 1.59. The third kappa shape index (κ3) is 2.48. The number of carbonyl (C=O) groups excluding carboxylic acids is 1. The molecule has 130 valence electrons. The van der Waals surface area contributed by atoms with Crippen LogP contribution in [0.1, 0.15) is 35.3 Å². The fourth-order valence-electron chi connectivity index (χ4n) is 3.67. The second-order valence-electron chi connectivity index (χ2n) is 6.11. The van der Waals surface area contributed by atoms with Crippen LogP contribution >= 0.6 is 0 Å². The van der Waals surface area contributed by atoms with Crippen molar-refractivity contribution in [3.63, 3.8) is 0 Å².